The molecule has 200 valence electrons. The van der Waals surface area contributed by atoms with Gasteiger partial charge in [0.25, 0.3) is 5.69 Å². The zero-order valence-corrected chi connectivity index (χ0v) is 22.5. The normalized spacial score (nSPS) is 17.1. The highest BCUT2D eigenvalue weighted by Gasteiger charge is 2.42. The summed E-state index contributed by atoms with van der Waals surface area (Å²) in [4.78, 5) is 17.2. The number of ether oxygens (including phenoxy) is 1. The highest BCUT2D eigenvalue weighted by molar-refractivity contribution is 7.92. The number of nitro benzene ring substituents is 1. The van der Waals surface area contributed by atoms with E-state index in [0.717, 1.165) is 23.3 Å². The Morgan fingerprint density at radius 2 is 1.82 bits per heavy atom. The third-order valence-electron chi connectivity index (χ3n) is 6.28. The first-order chi connectivity index (χ1) is 18.7. The second-order valence-electron chi connectivity index (χ2n) is 8.83. The molecule has 1 aliphatic heterocycles. The highest BCUT2D eigenvalue weighted by Crippen LogP contribution is 2.44. The van der Waals surface area contributed by atoms with Crippen molar-refractivity contribution in [2.45, 2.75) is 12.1 Å². The molecule has 0 saturated carbocycles. The van der Waals surface area contributed by atoms with E-state index in [1.165, 1.54) is 19.2 Å². The monoisotopic (exact) mass is 564 g/mol. The second kappa shape index (κ2) is 10.3. The van der Waals surface area contributed by atoms with Crippen LogP contribution in [0.25, 0.3) is 5.69 Å². The molecule has 1 saturated heterocycles. The molecule has 0 radical (unpaired) electrons. The number of methoxy groups -OCH3 is 1. The lowest BCUT2D eigenvalue weighted by atomic mass is 10.0. The number of non-ortho nitro benzene ring substituents is 1. The van der Waals surface area contributed by atoms with Crippen LogP contribution in [-0.4, -0.2) is 41.4 Å². The zero-order valence-electron chi connectivity index (χ0n) is 20.9. The number of rotatable bonds is 8. The number of hydrogen-bond acceptors (Lipinski definition) is 7. The number of thiocarbonyl (C=S) groups is 1. The summed E-state index contributed by atoms with van der Waals surface area (Å²) in [5, 5.41) is 15.0. The maximum absolute atomic E-state index is 11.8. The van der Waals surface area contributed by atoms with Gasteiger partial charge in [0, 0.05) is 47.7 Å². The Morgan fingerprint density at radius 1 is 1.08 bits per heavy atom. The van der Waals surface area contributed by atoms with Crippen molar-refractivity contribution >= 4 is 44.4 Å². The summed E-state index contributed by atoms with van der Waals surface area (Å²) in [7, 11) is -2.06. The van der Waals surface area contributed by atoms with Crippen LogP contribution in [0.2, 0.25) is 0 Å². The number of nitrogens with one attached hydrogen (secondary N) is 2. The van der Waals surface area contributed by atoms with E-state index in [-0.39, 0.29) is 11.7 Å². The van der Waals surface area contributed by atoms with Crippen molar-refractivity contribution in [3.63, 3.8) is 0 Å². The van der Waals surface area contributed by atoms with Crippen molar-refractivity contribution in [1.29, 1.82) is 0 Å². The lowest BCUT2D eigenvalue weighted by Gasteiger charge is -2.29. The molecule has 0 bridgehead atoms. The number of sulfonamides is 1. The fraction of sp³-hybridized carbons (Fsp3) is 0.154. The van der Waals surface area contributed by atoms with Crippen LogP contribution in [0.3, 0.4) is 0 Å². The average molecular weight is 565 g/mol. The minimum absolute atomic E-state index is 0.000886. The number of anilines is 2. The summed E-state index contributed by atoms with van der Waals surface area (Å²) in [5.41, 5.74) is 3.33. The summed E-state index contributed by atoms with van der Waals surface area (Å²) in [6.07, 6.45) is 4.66. The van der Waals surface area contributed by atoms with Gasteiger partial charge in [0.05, 0.1) is 35.7 Å². The van der Waals surface area contributed by atoms with Crippen molar-refractivity contribution in [2.24, 2.45) is 0 Å². The molecule has 0 unspecified atom stereocenters. The van der Waals surface area contributed by atoms with Crippen LogP contribution in [0.5, 0.6) is 5.75 Å². The zero-order chi connectivity index (χ0) is 27.7. The number of nitro groups is 1. The summed E-state index contributed by atoms with van der Waals surface area (Å²) in [6.45, 7) is 0. The number of pyridine rings is 1. The van der Waals surface area contributed by atoms with Crippen molar-refractivity contribution in [2.75, 3.05) is 23.0 Å². The Bertz CT molecular complexity index is 1640. The van der Waals surface area contributed by atoms with E-state index in [0.29, 0.717) is 22.2 Å². The van der Waals surface area contributed by atoms with E-state index < -0.39 is 21.0 Å². The van der Waals surface area contributed by atoms with Crippen LogP contribution in [0.1, 0.15) is 23.5 Å². The molecule has 11 nitrogen and oxygen atoms in total. The molecule has 1 aliphatic rings. The summed E-state index contributed by atoms with van der Waals surface area (Å²) < 4.78 is 33.6. The first kappa shape index (κ1) is 26.1. The molecule has 0 amide bonds. The Kier molecular flexibility index (Phi) is 6.93. The Hall–Kier alpha value is -4.49. The maximum atomic E-state index is 11.8. The first-order valence-corrected chi connectivity index (χ1v) is 14.0. The molecule has 13 heteroatoms. The van der Waals surface area contributed by atoms with E-state index in [9.17, 15) is 18.5 Å². The average Bonchev–Trinajstić information content (AvgIpc) is 3.53. The number of benzene rings is 2. The lowest BCUT2D eigenvalue weighted by Crippen LogP contribution is -2.30. The molecule has 3 heterocycles. The van der Waals surface area contributed by atoms with Crippen LogP contribution in [0, 0.1) is 10.1 Å². The van der Waals surface area contributed by atoms with E-state index in [4.69, 9.17) is 17.0 Å². The van der Waals surface area contributed by atoms with Crippen molar-refractivity contribution < 1.29 is 18.1 Å². The minimum Gasteiger partial charge on any atom is -0.494 e. The molecule has 2 N–H and O–H groups in total. The molecule has 39 heavy (non-hydrogen) atoms. The van der Waals surface area contributed by atoms with E-state index in [1.54, 1.807) is 36.5 Å². The van der Waals surface area contributed by atoms with Gasteiger partial charge in [0.2, 0.25) is 10.0 Å². The summed E-state index contributed by atoms with van der Waals surface area (Å²) in [6, 6.07) is 20.2. The standard InChI is InChI=1S/C26H24N6O5S2/c1-37-23-16-19(12-13-20(23)29-39(2,35)36)31-25(24(28-26(31)38)21-6-3-4-14-27-21)22-7-5-15-30(22)17-8-10-18(11-9-17)32(33)34/h3-16,24-25,29H,1-2H3,(H,28,38)/t24-,25+/m1/s1. The third kappa shape index (κ3) is 5.26. The van der Waals surface area contributed by atoms with Crippen LogP contribution < -0.4 is 19.7 Å². The molecule has 0 spiro atoms. The minimum atomic E-state index is -3.52. The Balaban J connectivity index is 1.63. The molecule has 2 aromatic heterocycles. The Labute approximate surface area is 230 Å². The van der Waals surface area contributed by atoms with Crippen molar-refractivity contribution in [3.05, 3.63) is 107 Å². The highest BCUT2D eigenvalue weighted by atomic mass is 32.2. The molecule has 2 aromatic carbocycles. The van der Waals surface area contributed by atoms with E-state index in [2.05, 4.69) is 15.0 Å². The number of nitrogens with zero attached hydrogens (tertiary/aromatic N) is 4. The second-order valence-corrected chi connectivity index (χ2v) is 11.0. The van der Waals surface area contributed by atoms with Crippen LogP contribution in [0.4, 0.5) is 17.1 Å². The maximum Gasteiger partial charge on any atom is 0.269 e. The van der Waals surface area contributed by atoms with Gasteiger partial charge in [-0.1, -0.05) is 6.07 Å². The van der Waals surface area contributed by atoms with Gasteiger partial charge in [-0.05, 0) is 60.7 Å². The smallest absolute Gasteiger partial charge is 0.269 e. The van der Waals surface area contributed by atoms with Gasteiger partial charge >= 0.3 is 0 Å². The number of hydrogen-bond donors (Lipinski definition) is 2. The lowest BCUT2D eigenvalue weighted by molar-refractivity contribution is -0.384. The van der Waals surface area contributed by atoms with Crippen LogP contribution >= 0.6 is 12.2 Å². The fourth-order valence-electron chi connectivity index (χ4n) is 4.65. The summed E-state index contributed by atoms with van der Waals surface area (Å²) in [5.74, 6) is 0.325. The fourth-order valence-corrected chi connectivity index (χ4v) is 5.57. The molecule has 4 aromatic rings. The molecule has 5 rings (SSSR count). The number of aromatic nitrogens is 2. The molecule has 1 fully saturated rings. The van der Waals surface area contributed by atoms with Gasteiger partial charge < -0.3 is 19.5 Å². The SMILES string of the molecule is COc1cc(N2C(=S)N[C@H](c3ccccn3)[C@@H]2c2cccn2-c2ccc([N+](=O)[O-])cc2)ccc1NS(C)(=O)=O. The van der Waals surface area contributed by atoms with Gasteiger partial charge in [-0.3, -0.25) is 19.8 Å². The van der Waals surface area contributed by atoms with E-state index >= 15 is 0 Å². The van der Waals surface area contributed by atoms with Gasteiger partial charge in [-0.15, -0.1) is 0 Å². The van der Waals surface area contributed by atoms with Crippen LogP contribution in [0.15, 0.2) is 85.2 Å². The summed E-state index contributed by atoms with van der Waals surface area (Å²) >= 11 is 5.81. The van der Waals surface area contributed by atoms with Crippen molar-refractivity contribution in [3.8, 4) is 11.4 Å². The first-order valence-electron chi connectivity index (χ1n) is 11.7. The molecule has 0 aliphatic carbocycles. The predicted molar refractivity (Wildman–Crippen MR) is 152 cm³/mol. The largest absolute Gasteiger partial charge is 0.494 e. The van der Waals surface area contributed by atoms with Gasteiger partial charge in [0.1, 0.15) is 11.8 Å². The van der Waals surface area contributed by atoms with Gasteiger partial charge in [-0.25, -0.2) is 8.42 Å². The van der Waals surface area contributed by atoms with Gasteiger partial charge in [0.15, 0.2) is 5.11 Å². The predicted octanol–water partition coefficient (Wildman–Crippen LogP) is 4.34. The van der Waals surface area contributed by atoms with Crippen molar-refractivity contribution in [1.82, 2.24) is 14.9 Å². The molecular weight excluding hydrogens is 540 g/mol. The Morgan fingerprint density at radius 3 is 2.46 bits per heavy atom. The topological polar surface area (TPSA) is 132 Å². The van der Waals surface area contributed by atoms with E-state index in [1.807, 2.05) is 46.0 Å². The van der Waals surface area contributed by atoms with Crippen LogP contribution in [-0.2, 0) is 10.0 Å². The third-order valence-corrected chi connectivity index (χ3v) is 7.18. The molecule has 2 atom stereocenters. The van der Waals surface area contributed by atoms with Gasteiger partial charge in [-0.2, -0.15) is 0 Å². The molecular formula is C26H24N6O5S2. The quantitative estimate of drug-likeness (QED) is 0.182.